The smallest absolute Gasteiger partial charge is 0.346 e. The summed E-state index contributed by atoms with van der Waals surface area (Å²) in [5, 5.41) is 14.4. The van der Waals surface area contributed by atoms with Gasteiger partial charge >= 0.3 is 13.6 Å². The number of amides is 1. The SMILES string of the molecule is CCCc1ccc(C(NC(Cc2ccc(-c3ccccc3)cc2)C(=O)NCCC(=O)O)P(=O)(O)O)cc1. The van der Waals surface area contributed by atoms with E-state index in [0.29, 0.717) is 5.56 Å². The molecule has 3 rings (SSSR count). The van der Waals surface area contributed by atoms with Crippen LogP contribution in [-0.4, -0.2) is 39.4 Å². The van der Waals surface area contributed by atoms with E-state index in [1.165, 1.54) is 0 Å². The van der Waals surface area contributed by atoms with Gasteiger partial charge in [-0.2, -0.15) is 0 Å². The second kappa shape index (κ2) is 13.3. The van der Waals surface area contributed by atoms with Crippen molar-refractivity contribution in [3.8, 4) is 11.1 Å². The molecular weight excluding hydrogens is 491 g/mol. The Hall–Kier alpha value is -3.29. The normalized spacial score (nSPS) is 13.1. The van der Waals surface area contributed by atoms with Gasteiger partial charge in [0.15, 0.2) is 0 Å². The lowest BCUT2D eigenvalue weighted by atomic mass is 10.00. The zero-order valence-corrected chi connectivity index (χ0v) is 21.6. The van der Waals surface area contributed by atoms with E-state index in [2.05, 4.69) is 10.6 Å². The molecule has 2 unspecified atom stereocenters. The minimum Gasteiger partial charge on any atom is -0.481 e. The van der Waals surface area contributed by atoms with Crippen LogP contribution in [0.4, 0.5) is 0 Å². The Morgan fingerprint density at radius 1 is 0.865 bits per heavy atom. The Kier molecular flexibility index (Phi) is 10.2. The van der Waals surface area contributed by atoms with Gasteiger partial charge in [0.25, 0.3) is 0 Å². The number of carboxylic acid groups (broad SMARTS) is 1. The Labute approximate surface area is 216 Å². The second-order valence-corrected chi connectivity index (χ2v) is 10.6. The molecule has 2 atom stereocenters. The summed E-state index contributed by atoms with van der Waals surface area (Å²) >= 11 is 0. The van der Waals surface area contributed by atoms with Gasteiger partial charge in [0.2, 0.25) is 5.91 Å². The summed E-state index contributed by atoms with van der Waals surface area (Å²) in [6.07, 6.45) is 1.69. The molecule has 0 aromatic heterocycles. The average molecular weight is 525 g/mol. The zero-order chi connectivity index (χ0) is 26.8. The van der Waals surface area contributed by atoms with E-state index in [1.807, 2.05) is 73.7 Å². The molecule has 5 N–H and O–H groups in total. The van der Waals surface area contributed by atoms with E-state index >= 15 is 0 Å². The van der Waals surface area contributed by atoms with Crippen LogP contribution >= 0.6 is 7.60 Å². The van der Waals surface area contributed by atoms with Gasteiger partial charge in [-0.15, -0.1) is 0 Å². The molecule has 0 fully saturated rings. The highest BCUT2D eigenvalue weighted by Crippen LogP contribution is 2.50. The highest BCUT2D eigenvalue weighted by atomic mass is 31.2. The minimum absolute atomic E-state index is 0.0917. The first-order valence-electron chi connectivity index (χ1n) is 12.2. The monoisotopic (exact) mass is 524 g/mol. The van der Waals surface area contributed by atoms with Crippen molar-refractivity contribution in [1.29, 1.82) is 0 Å². The van der Waals surface area contributed by atoms with Crippen LogP contribution in [0.1, 0.15) is 42.2 Å². The van der Waals surface area contributed by atoms with Crippen molar-refractivity contribution < 1.29 is 29.0 Å². The van der Waals surface area contributed by atoms with Crippen molar-refractivity contribution in [3.05, 3.63) is 95.6 Å². The fraction of sp³-hybridized carbons (Fsp3) is 0.286. The first-order valence-corrected chi connectivity index (χ1v) is 13.9. The third kappa shape index (κ3) is 8.65. The second-order valence-electron chi connectivity index (χ2n) is 8.90. The van der Waals surface area contributed by atoms with Crippen molar-refractivity contribution in [1.82, 2.24) is 10.6 Å². The number of rotatable bonds is 13. The maximum Gasteiger partial charge on any atom is 0.346 e. The van der Waals surface area contributed by atoms with Crippen LogP contribution < -0.4 is 10.6 Å². The van der Waals surface area contributed by atoms with Gasteiger partial charge in [0.05, 0.1) is 12.5 Å². The van der Waals surface area contributed by atoms with Gasteiger partial charge in [-0.3, -0.25) is 19.5 Å². The van der Waals surface area contributed by atoms with E-state index < -0.39 is 31.3 Å². The van der Waals surface area contributed by atoms with Crippen LogP contribution in [0.15, 0.2) is 78.9 Å². The number of carbonyl (C=O) groups excluding carboxylic acids is 1. The van der Waals surface area contributed by atoms with Crippen molar-refractivity contribution >= 4 is 19.5 Å². The first-order chi connectivity index (χ1) is 17.7. The average Bonchev–Trinajstić information content (AvgIpc) is 2.87. The van der Waals surface area contributed by atoms with Gasteiger partial charge in [-0.05, 0) is 40.7 Å². The van der Waals surface area contributed by atoms with Crippen LogP contribution in [-0.2, 0) is 27.0 Å². The molecule has 0 aliphatic heterocycles. The third-order valence-corrected chi connectivity index (χ3v) is 7.10. The summed E-state index contributed by atoms with van der Waals surface area (Å²) in [4.78, 5) is 44.2. The predicted molar refractivity (Wildman–Crippen MR) is 143 cm³/mol. The lowest BCUT2D eigenvalue weighted by molar-refractivity contribution is -0.137. The van der Waals surface area contributed by atoms with Crippen LogP contribution in [0.25, 0.3) is 11.1 Å². The largest absolute Gasteiger partial charge is 0.481 e. The summed E-state index contributed by atoms with van der Waals surface area (Å²) in [6, 6.07) is 23.4. The molecule has 0 bridgehead atoms. The molecule has 0 aliphatic carbocycles. The Bertz CT molecular complexity index is 1210. The summed E-state index contributed by atoms with van der Waals surface area (Å²) < 4.78 is 12.5. The lowest BCUT2D eigenvalue weighted by Crippen LogP contribution is -2.47. The standard InChI is InChI=1S/C28H33N2O6P/c1-2-6-20-9-15-24(16-10-20)28(37(34,35)36)30-25(27(33)29-18-17-26(31)32)19-21-11-13-23(14-12-21)22-7-4-3-5-8-22/h3-5,7-16,25,28,30H,2,6,17-19H2,1H3,(H,29,33)(H,31,32)(H2,34,35,36). The Morgan fingerprint density at radius 3 is 2.03 bits per heavy atom. The first kappa shape index (κ1) is 28.3. The lowest BCUT2D eigenvalue weighted by Gasteiger charge is -2.26. The number of aliphatic carboxylic acids is 1. The van der Waals surface area contributed by atoms with E-state index in [0.717, 1.165) is 35.1 Å². The molecule has 3 aromatic rings. The quantitative estimate of drug-likeness (QED) is 0.211. The molecule has 9 heteroatoms. The molecule has 0 saturated carbocycles. The topological polar surface area (TPSA) is 136 Å². The number of aryl methyl sites for hydroxylation is 1. The summed E-state index contributed by atoms with van der Waals surface area (Å²) in [5.41, 5.74) is 4.25. The molecule has 8 nitrogen and oxygen atoms in total. The van der Waals surface area contributed by atoms with Crippen LogP contribution in [0.3, 0.4) is 0 Å². The van der Waals surface area contributed by atoms with Gasteiger partial charge in [0, 0.05) is 6.54 Å². The highest BCUT2D eigenvalue weighted by molar-refractivity contribution is 7.52. The fourth-order valence-corrected chi connectivity index (χ4v) is 5.01. The van der Waals surface area contributed by atoms with E-state index in [4.69, 9.17) is 5.11 Å². The van der Waals surface area contributed by atoms with Gasteiger partial charge < -0.3 is 20.2 Å². The number of nitrogens with one attached hydrogen (secondary N) is 2. The maximum atomic E-state index is 13.0. The number of hydrogen-bond donors (Lipinski definition) is 5. The van der Waals surface area contributed by atoms with Crippen molar-refractivity contribution in [2.24, 2.45) is 0 Å². The van der Waals surface area contributed by atoms with Gasteiger partial charge in [-0.25, -0.2) is 0 Å². The van der Waals surface area contributed by atoms with Crippen molar-refractivity contribution in [2.45, 2.75) is 44.4 Å². The Morgan fingerprint density at radius 2 is 1.46 bits per heavy atom. The summed E-state index contributed by atoms with van der Waals surface area (Å²) in [7, 11) is -4.70. The van der Waals surface area contributed by atoms with E-state index in [1.54, 1.807) is 12.1 Å². The van der Waals surface area contributed by atoms with Crippen molar-refractivity contribution in [2.75, 3.05) is 6.54 Å². The van der Waals surface area contributed by atoms with E-state index in [9.17, 15) is 23.9 Å². The van der Waals surface area contributed by atoms with Gasteiger partial charge in [0.1, 0.15) is 5.78 Å². The molecule has 0 spiro atoms. The predicted octanol–water partition coefficient (Wildman–Crippen LogP) is 4.27. The van der Waals surface area contributed by atoms with Crippen LogP contribution in [0, 0.1) is 0 Å². The van der Waals surface area contributed by atoms with Crippen LogP contribution in [0.2, 0.25) is 0 Å². The summed E-state index contributed by atoms with van der Waals surface area (Å²) in [5.74, 6) is -2.99. The molecule has 37 heavy (non-hydrogen) atoms. The number of carbonyl (C=O) groups is 2. The summed E-state index contributed by atoms with van der Waals surface area (Å²) in [6.45, 7) is 1.96. The molecular formula is C28H33N2O6P. The zero-order valence-electron chi connectivity index (χ0n) is 20.7. The number of carboxylic acids is 1. The molecule has 0 aliphatic rings. The van der Waals surface area contributed by atoms with Crippen molar-refractivity contribution in [3.63, 3.8) is 0 Å². The van der Waals surface area contributed by atoms with E-state index in [-0.39, 0.29) is 19.4 Å². The van der Waals surface area contributed by atoms with Crippen LogP contribution in [0.5, 0.6) is 0 Å². The number of hydrogen-bond acceptors (Lipinski definition) is 4. The molecule has 1 amide bonds. The molecule has 0 radical (unpaired) electrons. The Balaban J connectivity index is 1.85. The number of benzene rings is 3. The van der Waals surface area contributed by atoms with Gasteiger partial charge in [-0.1, -0.05) is 92.2 Å². The maximum absolute atomic E-state index is 13.0. The third-order valence-electron chi connectivity index (χ3n) is 5.99. The fourth-order valence-electron chi connectivity index (χ4n) is 4.08. The molecule has 3 aromatic carbocycles. The minimum atomic E-state index is -4.70. The molecule has 0 heterocycles. The highest BCUT2D eigenvalue weighted by Gasteiger charge is 2.34. The molecule has 196 valence electrons. The molecule has 0 saturated heterocycles.